The van der Waals surface area contributed by atoms with Crippen LogP contribution in [0.4, 0.5) is 5.69 Å². The number of carbonyl (C=O) groups excluding carboxylic acids is 1. The van der Waals surface area contributed by atoms with Gasteiger partial charge in [0.05, 0.1) is 16.2 Å². The molecular formula is C11H7ClN6O. The molecule has 0 bridgehead atoms. The molecule has 0 fully saturated rings. The smallest absolute Gasteiger partial charge is 0.297 e. The van der Waals surface area contributed by atoms with Crippen molar-refractivity contribution in [2.24, 2.45) is 0 Å². The van der Waals surface area contributed by atoms with E-state index >= 15 is 0 Å². The molecule has 19 heavy (non-hydrogen) atoms. The molecule has 7 nitrogen and oxygen atoms in total. The van der Waals surface area contributed by atoms with Gasteiger partial charge in [-0.3, -0.25) is 9.78 Å². The number of hydrogen-bond donors (Lipinski definition) is 2. The number of aromatic nitrogens is 5. The van der Waals surface area contributed by atoms with Crippen LogP contribution in [-0.4, -0.2) is 31.5 Å². The lowest BCUT2D eigenvalue weighted by molar-refractivity contribution is 0.101. The summed E-state index contributed by atoms with van der Waals surface area (Å²) in [5.41, 5.74) is 1.21. The summed E-state index contributed by atoms with van der Waals surface area (Å²) in [5, 5.41) is 16.7. The number of rotatable bonds is 2. The summed E-state index contributed by atoms with van der Waals surface area (Å²) in [6, 6.07) is 6.95. The molecule has 0 aliphatic carbocycles. The number of tetrazole rings is 1. The van der Waals surface area contributed by atoms with Gasteiger partial charge in [-0.05, 0) is 29.5 Å². The lowest BCUT2D eigenvalue weighted by atomic mass is 10.2. The summed E-state index contributed by atoms with van der Waals surface area (Å²) in [4.78, 5) is 16.0. The van der Waals surface area contributed by atoms with E-state index < -0.39 is 5.91 Å². The molecule has 1 amide bonds. The molecule has 0 spiro atoms. The van der Waals surface area contributed by atoms with E-state index in [2.05, 4.69) is 30.9 Å². The lowest BCUT2D eigenvalue weighted by Crippen LogP contribution is -2.14. The fraction of sp³-hybridized carbons (Fsp3) is 0. The summed E-state index contributed by atoms with van der Waals surface area (Å²) in [6.45, 7) is 0. The second-order valence-corrected chi connectivity index (χ2v) is 4.09. The highest BCUT2D eigenvalue weighted by molar-refractivity contribution is 6.35. The number of halogens is 1. The van der Waals surface area contributed by atoms with E-state index in [-0.39, 0.29) is 5.82 Å². The number of fused-ring (bicyclic) bond motifs is 1. The first-order chi connectivity index (χ1) is 9.25. The highest BCUT2D eigenvalue weighted by Crippen LogP contribution is 2.28. The first-order valence-electron chi connectivity index (χ1n) is 5.34. The van der Waals surface area contributed by atoms with Crippen LogP contribution in [0.5, 0.6) is 0 Å². The molecule has 8 heteroatoms. The molecular weight excluding hydrogens is 268 g/mol. The number of amides is 1. The van der Waals surface area contributed by atoms with Crippen LogP contribution in [0.2, 0.25) is 5.02 Å². The van der Waals surface area contributed by atoms with Gasteiger partial charge in [-0.25, -0.2) is 0 Å². The molecule has 2 aromatic heterocycles. The topological polar surface area (TPSA) is 96.5 Å². The van der Waals surface area contributed by atoms with E-state index in [9.17, 15) is 4.79 Å². The van der Waals surface area contributed by atoms with Gasteiger partial charge in [-0.2, -0.15) is 5.21 Å². The van der Waals surface area contributed by atoms with Crippen molar-refractivity contribution in [1.82, 2.24) is 25.6 Å². The van der Waals surface area contributed by atoms with Gasteiger partial charge < -0.3 is 5.32 Å². The van der Waals surface area contributed by atoms with Crippen molar-refractivity contribution in [3.05, 3.63) is 41.3 Å². The molecule has 2 heterocycles. The SMILES string of the molecule is O=C(Nc1ccc(Cl)c2ncccc12)c1nn[nH]n1. The average Bonchev–Trinajstić information content (AvgIpc) is 2.96. The fourth-order valence-electron chi connectivity index (χ4n) is 1.68. The van der Waals surface area contributed by atoms with Crippen molar-refractivity contribution in [1.29, 1.82) is 0 Å². The molecule has 2 N–H and O–H groups in total. The number of benzene rings is 1. The minimum absolute atomic E-state index is 0.0352. The minimum Gasteiger partial charge on any atom is -0.319 e. The monoisotopic (exact) mass is 274 g/mol. The van der Waals surface area contributed by atoms with Crippen LogP contribution in [0.15, 0.2) is 30.5 Å². The number of anilines is 1. The Labute approximate surface area is 112 Å². The second-order valence-electron chi connectivity index (χ2n) is 3.68. The van der Waals surface area contributed by atoms with Crippen LogP contribution in [0.1, 0.15) is 10.6 Å². The highest BCUT2D eigenvalue weighted by Gasteiger charge is 2.13. The zero-order valence-electron chi connectivity index (χ0n) is 9.46. The molecule has 94 valence electrons. The molecule has 0 unspecified atom stereocenters. The van der Waals surface area contributed by atoms with Gasteiger partial charge >= 0.3 is 0 Å². The third-order valence-electron chi connectivity index (χ3n) is 2.52. The quantitative estimate of drug-likeness (QED) is 0.741. The number of aromatic amines is 1. The zero-order chi connectivity index (χ0) is 13.2. The van der Waals surface area contributed by atoms with Crippen molar-refractivity contribution in [3.63, 3.8) is 0 Å². The Hall–Kier alpha value is -2.54. The van der Waals surface area contributed by atoms with Crippen molar-refractivity contribution in [2.45, 2.75) is 0 Å². The minimum atomic E-state index is -0.457. The standard InChI is InChI=1S/C11H7ClN6O/c12-7-3-4-8(6-2-1-5-13-9(6)7)14-11(19)10-15-17-18-16-10/h1-5H,(H,14,19)(H,15,16,17,18). The van der Waals surface area contributed by atoms with E-state index in [1.54, 1.807) is 24.4 Å². The first-order valence-corrected chi connectivity index (χ1v) is 5.71. The van der Waals surface area contributed by atoms with Gasteiger partial charge in [0.15, 0.2) is 0 Å². The van der Waals surface area contributed by atoms with E-state index in [0.717, 1.165) is 5.39 Å². The van der Waals surface area contributed by atoms with Crippen LogP contribution in [0.25, 0.3) is 10.9 Å². The van der Waals surface area contributed by atoms with Crippen molar-refractivity contribution in [2.75, 3.05) is 5.32 Å². The van der Waals surface area contributed by atoms with E-state index in [1.165, 1.54) is 0 Å². The van der Waals surface area contributed by atoms with Crippen LogP contribution in [0, 0.1) is 0 Å². The Morgan fingerprint density at radius 1 is 1.32 bits per heavy atom. The number of hydrogen-bond acceptors (Lipinski definition) is 5. The molecule has 0 radical (unpaired) electrons. The molecule has 0 aliphatic rings. The predicted octanol–water partition coefficient (Wildman–Crippen LogP) is 1.65. The first kappa shape index (κ1) is 11.5. The van der Waals surface area contributed by atoms with Gasteiger partial charge in [-0.1, -0.05) is 11.6 Å². The summed E-state index contributed by atoms with van der Waals surface area (Å²) < 4.78 is 0. The van der Waals surface area contributed by atoms with Crippen LogP contribution >= 0.6 is 11.6 Å². The van der Waals surface area contributed by atoms with E-state index in [4.69, 9.17) is 11.6 Å². The molecule has 3 rings (SSSR count). The number of carbonyl (C=O) groups is 1. The van der Waals surface area contributed by atoms with Crippen molar-refractivity contribution in [3.8, 4) is 0 Å². The average molecular weight is 275 g/mol. The molecule has 0 saturated carbocycles. The Balaban J connectivity index is 2.02. The Bertz CT molecular complexity index is 742. The number of pyridine rings is 1. The third-order valence-corrected chi connectivity index (χ3v) is 2.82. The Kier molecular flexibility index (Phi) is 2.81. The normalized spacial score (nSPS) is 10.6. The van der Waals surface area contributed by atoms with Gasteiger partial charge in [0.1, 0.15) is 0 Å². The Morgan fingerprint density at radius 2 is 2.21 bits per heavy atom. The molecule has 1 aromatic carbocycles. The fourth-order valence-corrected chi connectivity index (χ4v) is 1.90. The van der Waals surface area contributed by atoms with Gasteiger partial charge in [0.25, 0.3) is 11.7 Å². The second kappa shape index (κ2) is 4.62. The lowest BCUT2D eigenvalue weighted by Gasteiger charge is -2.07. The zero-order valence-corrected chi connectivity index (χ0v) is 10.2. The predicted molar refractivity (Wildman–Crippen MR) is 68.9 cm³/mol. The third kappa shape index (κ3) is 2.11. The van der Waals surface area contributed by atoms with Gasteiger partial charge in [-0.15, -0.1) is 10.2 Å². The largest absolute Gasteiger partial charge is 0.319 e. The van der Waals surface area contributed by atoms with Crippen LogP contribution in [0.3, 0.4) is 0 Å². The number of nitrogens with zero attached hydrogens (tertiary/aromatic N) is 4. The van der Waals surface area contributed by atoms with Crippen molar-refractivity contribution >= 4 is 34.1 Å². The molecule has 0 saturated heterocycles. The van der Waals surface area contributed by atoms with Gasteiger partial charge in [0, 0.05) is 11.6 Å². The van der Waals surface area contributed by atoms with Gasteiger partial charge in [0.2, 0.25) is 0 Å². The molecule has 0 aliphatic heterocycles. The maximum absolute atomic E-state index is 11.9. The van der Waals surface area contributed by atoms with Crippen LogP contribution < -0.4 is 5.32 Å². The maximum Gasteiger partial charge on any atom is 0.297 e. The maximum atomic E-state index is 11.9. The number of H-pyrrole nitrogens is 1. The molecule has 0 atom stereocenters. The Morgan fingerprint density at radius 3 is 3.00 bits per heavy atom. The summed E-state index contributed by atoms with van der Waals surface area (Å²) in [6.07, 6.45) is 1.64. The summed E-state index contributed by atoms with van der Waals surface area (Å²) >= 11 is 6.05. The summed E-state index contributed by atoms with van der Waals surface area (Å²) in [7, 11) is 0. The highest BCUT2D eigenvalue weighted by atomic mass is 35.5. The summed E-state index contributed by atoms with van der Waals surface area (Å²) in [5.74, 6) is -0.492. The van der Waals surface area contributed by atoms with Crippen LogP contribution in [-0.2, 0) is 0 Å². The van der Waals surface area contributed by atoms with E-state index in [1.807, 2.05) is 6.07 Å². The van der Waals surface area contributed by atoms with Crippen molar-refractivity contribution < 1.29 is 4.79 Å². The molecule has 3 aromatic rings. The number of nitrogens with one attached hydrogen (secondary N) is 2. The van der Waals surface area contributed by atoms with E-state index in [0.29, 0.717) is 16.2 Å².